The predicted octanol–water partition coefficient (Wildman–Crippen LogP) is 3.17. The summed E-state index contributed by atoms with van der Waals surface area (Å²) in [5, 5.41) is 5.59. The van der Waals surface area contributed by atoms with Crippen molar-refractivity contribution in [2.75, 3.05) is 25.1 Å². The second kappa shape index (κ2) is 10.9. The fraction of sp³-hybridized carbons (Fsp3) is 0.333. The van der Waals surface area contributed by atoms with Gasteiger partial charge < -0.3 is 20.1 Å². The first kappa shape index (κ1) is 20.3. The van der Waals surface area contributed by atoms with E-state index in [1.165, 1.54) is 0 Å². The van der Waals surface area contributed by atoms with Gasteiger partial charge in [0, 0.05) is 19.0 Å². The lowest BCUT2D eigenvalue weighted by Gasteiger charge is -2.13. The topological polar surface area (TPSA) is 76.7 Å². The van der Waals surface area contributed by atoms with Crippen molar-refractivity contribution in [3.63, 3.8) is 0 Å². The standard InChI is InChI=1S/C21H26N2O4/c1-3-26-17-10-11-19(27-4-2)18(15-17)23-20(24)12-13-22-21(25)14-16-8-6-5-7-9-16/h5-11,15H,3-4,12-14H2,1-2H3,(H,22,25)(H,23,24). The molecular weight excluding hydrogens is 344 g/mol. The maximum Gasteiger partial charge on any atom is 0.226 e. The van der Waals surface area contributed by atoms with Gasteiger partial charge in [-0.3, -0.25) is 9.59 Å². The molecule has 6 nitrogen and oxygen atoms in total. The van der Waals surface area contributed by atoms with Gasteiger partial charge in [-0.15, -0.1) is 0 Å². The molecule has 0 aromatic heterocycles. The number of carbonyl (C=O) groups is 2. The van der Waals surface area contributed by atoms with Crippen LogP contribution < -0.4 is 20.1 Å². The third-order valence-electron chi connectivity index (χ3n) is 3.72. The first-order valence-corrected chi connectivity index (χ1v) is 9.12. The Morgan fingerprint density at radius 3 is 2.37 bits per heavy atom. The molecule has 0 aliphatic heterocycles. The Bertz CT molecular complexity index is 747. The average molecular weight is 370 g/mol. The minimum Gasteiger partial charge on any atom is -0.494 e. The SMILES string of the molecule is CCOc1ccc(OCC)c(NC(=O)CCNC(=O)Cc2ccccc2)c1. The van der Waals surface area contributed by atoms with Crippen LogP contribution in [0.1, 0.15) is 25.8 Å². The van der Waals surface area contributed by atoms with Gasteiger partial charge in [0.1, 0.15) is 11.5 Å². The fourth-order valence-electron chi connectivity index (χ4n) is 2.52. The van der Waals surface area contributed by atoms with Gasteiger partial charge in [-0.05, 0) is 31.5 Å². The minimum atomic E-state index is -0.204. The molecule has 2 N–H and O–H groups in total. The lowest BCUT2D eigenvalue weighted by Crippen LogP contribution is -2.28. The number of carbonyl (C=O) groups excluding carboxylic acids is 2. The maximum absolute atomic E-state index is 12.2. The number of hydrogen-bond donors (Lipinski definition) is 2. The highest BCUT2D eigenvalue weighted by Crippen LogP contribution is 2.29. The van der Waals surface area contributed by atoms with Crippen LogP contribution in [0.2, 0.25) is 0 Å². The van der Waals surface area contributed by atoms with Crippen molar-refractivity contribution < 1.29 is 19.1 Å². The van der Waals surface area contributed by atoms with Gasteiger partial charge in [0.15, 0.2) is 0 Å². The Kier molecular flexibility index (Phi) is 8.16. The van der Waals surface area contributed by atoms with Crippen LogP contribution in [0.3, 0.4) is 0 Å². The van der Waals surface area contributed by atoms with Crippen molar-refractivity contribution >= 4 is 17.5 Å². The molecule has 2 aromatic rings. The van der Waals surface area contributed by atoms with Gasteiger partial charge in [0.25, 0.3) is 0 Å². The minimum absolute atomic E-state index is 0.109. The number of anilines is 1. The molecular formula is C21H26N2O4. The van der Waals surface area contributed by atoms with Crippen molar-refractivity contribution in [3.05, 3.63) is 54.1 Å². The Morgan fingerprint density at radius 2 is 1.67 bits per heavy atom. The van der Waals surface area contributed by atoms with Crippen LogP contribution in [0.25, 0.3) is 0 Å². The van der Waals surface area contributed by atoms with Gasteiger partial charge in [-0.25, -0.2) is 0 Å². The van der Waals surface area contributed by atoms with E-state index in [1.807, 2.05) is 44.2 Å². The molecule has 0 aliphatic carbocycles. The molecule has 0 atom stereocenters. The fourth-order valence-corrected chi connectivity index (χ4v) is 2.52. The highest BCUT2D eigenvalue weighted by Gasteiger charge is 2.10. The second-order valence-corrected chi connectivity index (χ2v) is 5.83. The van der Waals surface area contributed by atoms with E-state index in [0.29, 0.717) is 36.8 Å². The van der Waals surface area contributed by atoms with Crippen molar-refractivity contribution in [1.82, 2.24) is 5.32 Å². The molecule has 0 spiro atoms. The van der Waals surface area contributed by atoms with Crippen LogP contribution in [-0.4, -0.2) is 31.6 Å². The predicted molar refractivity (Wildman–Crippen MR) is 105 cm³/mol. The van der Waals surface area contributed by atoms with Crippen LogP contribution >= 0.6 is 0 Å². The largest absolute Gasteiger partial charge is 0.494 e. The summed E-state index contributed by atoms with van der Waals surface area (Å²) >= 11 is 0. The Labute approximate surface area is 159 Å². The summed E-state index contributed by atoms with van der Waals surface area (Å²) in [6, 6.07) is 14.8. The second-order valence-electron chi connectivity index (χ2n) is 5.83. The molecule has 144 valence electrons. The zero-order chi connectivity index (χ0) is 19.5. The lowest BCUT2D eigenvalue weighted by atomic mass is 10.1. The van der Waals surface area contributed by atoms with Gasteiger partial charge in [0.2, 0.25) is 11.8 Å². The third kappa shape index (κ3) is 7.01. The molecule has 0 saturated carbocycles. The number of ether oxygens (including phenoxy) is 2. The quantitative estimate of drug-likeness (QED) is 0.673. The highest BCUT2D eigenvalue weighted by molar-refractivity contribution is 5.93. The summed E-state index contributed by atoms with van der Waals surface area (Å²) in [7, 11) is 0. The Hall–Kier alpha value is -3.02. The number of rotatable bonds is 10. The van der Waals surface area contributed by atoms with E-state index in [1.54, 1.807) is 18.2 Å². The summed E-state index contributed by atoms with van der Waals surface area (Å²) in [5.41, 5.74) is 1.50. The van der Waals surface area contributed by atoms with E-state index < -0.39 is 0 Å². The van der Waals surface area contributed by atoms with Crippen LogP contribution in [0.5, 0.6) is 11.5 Å². The van der Waals surface area contributed by atoms with Crippen molar-refractivity contribution in [3.8, 4) is 11.5 Å². The summed E-state index contributed by atoms with van der Waals surface area (Å²) in [4.78, 5) is 24.1. The first-order chi connectivity index (χ1) is 13.1. The van der Waals surface area contributed by atoms with Gasteiger partial charge in [-0.1, -0.05) is 30.3 Å². The lowest BCUT2D eigenvalue weighted by molar-refractivity contribution is -0.120. The monoisotopic (exact) mass is 370 g/mol. The van der Waals surface area contributed by atoms with E-state index >= 15 is 0 Å². The number of benzene rings is 2. The van der Waals surface area contributed by atoms with Crippen LogP contribution in [0.15, 0.2) is 48.5 Å². The molecule has 0 aliphatic rings. The van der Waals surface area contributed by atoms with Crippen molar-refractivity contribution in [1.29, 1.82) is 0 Å². The summed E-state index contributed by atoms with van der Waals surface area (Å²) in [6.45, 7) is 5.07. The zero-order valence-corrected chi connectivity index (χ0v) is 15.8. The molecule has 6 heteroatoms. The van der Waals surface area contributed by atoms with Crippen molar-refractivity contribution in [2.45, 2.75) is 26.7 Å². The van der Waals surface area contributed by atoms with E-state index in [0.717, 1.165) is 5.56 Å². The molecule has 2 rings (SSSR count). The van der Waals surface area contributed by atoms with Crippen LogP contribution in [0, 0.1) is 0 Å². The smallest absolute Gasteiger partial charge is 0.226 e. The molecule has 0 fully saturated rings. The Morgan fingerprint density at radius 1 is 0.926 bits per heavy atom. The molecule has 2 aromatic carbocycles. The number of nitrogens with one attached hydrogen (secondary N) is 2. The average Bonchev–Trinajstić information content (AvgIpc) is 2.65. The summed E-state index contributed by atoms with van der Waals surface area (Å²) in [6.07, 6.45) is 0.471. The van der Waals surface area contributed by atoms with Crippen LogP contribution in [0.4, 0.5) is 5.69 Å². The molecule has 2 amide bonds. The van der Waals surface area contributed by atoms with E-state index in [-0.39, 0.29) is 24.8 Å². The Balaban J connectivity index is 1.84. The maximum atomic E-state index is 12.2. The third-order valence-corrected chi connectivity index (χ3v) is 3.72. The molecule has 0 radical (unpaired) electrons. The van der Waals surface area contributed by atoms with Gasteiger partial charge in [0.05, 0.1) is 25.3 Å². The molecule has 0 bridgehead atoms. The van der Waals surface area contributed by atoms with E-state index in [4.69, 9.17) is 9.47 Å². The van der Waals surface area contributed by atoms with Crippen molar-refractivity contribution in [2.24, 2.45) is 0 Å². The van der Waals surface area contributed by atoms with E-state index in [2.05, 4.69) is 10.6 Å². The zero-order valence-electron chi connectivity index (χ0n) is 15.8. The number of amides is 2. The van der Waals surface area contributed by atoms with Gasteiger partial charge in [-0.2, -0.15) is 0 Å². The number of hydrogen-bond acceptors (Lipinski definition) is 4. The normalized spacial score (nSPS) is 10.1. The molecule has 27 heavy (non-hydrogen) atoms. The summed E-state index contributed by atoms with van der Waals surface area (Å²) < 4.78 is 11.0. The van der Waals surface area contributed by atoms with Crippen LogP contribution in [-0.2, 0) is 16.0 Å². The van der Waals surface area contributed by atoms with Gasteiger partial charge >= 0.3 is 0 Å². The molecule has 0 heterocycles. The highest BCUT2D eigenvalue weighted by atomic mass is 16.5. The van der Waals surface area contributed by atoms with E-state index in [9.17, 15) is 9.59 Å². The molecule has 0 unspecified atom stereocenters. The molecule has 0 saturated heterocycles. The summed E-state index contributed by atoms with van der Waals surface area (Å²) in [5.74, 6) is 0.932. The first-order valence-electron chi connectivity index (χ1n) is 9.12.